The number of carboxylic acids is 1. The summed E-state index contributed by atoms with van der Waals surface area (Å²) in [4.78, 5) is 10.3. The highest BCUT2D eigenvalue weighted by molar-refractivity contribution is 5.66. The van der Waals surface area contributed by atoms with Crippen LogP contribution >= 0.6 is 0 Å². The van der Waals surface area contributed by atoms with E-state index < -0.39 is 5.97 Å². The van der Waals surface area contributed by atoms with Crippen LogP contribution < -0.4 is 0 Å². The Morgan fingerprint density at radius 2 is 1.35 bits per heavy atom. The van der Waals surface area contributed by atoms with E-state index in [0.717, 1.165) is 32.1 Å². The van der Waals surface area contributed by atoms with E-state index in [-0.39, 0.29) is 6.42 Å². The van der Waals surface area contributed by atoms with Crippen LogP contribution in [0.25, 0.3) is 0 Å². The van der Waals surface area contributed by atoms with E-state index in [1.54, 1.807) is 0 Å². The summed E-state index contributed by atoms with van der Waals surface area (Å²) in [5.41, 5.74) is 0. The van der Waals surface area contributed by atoms with Crippen molar-refractivity contribution in [3.05, 3.63) is 36.5 Å². The zero-order chi connectivity index (χ0) is 14.9. The highest BCUT2D eigenvalue weighted by Gasteiger charge is 1.92. The minimum absolute atomic E-state index is 0.275. The van der Waals surface area contributed by atoms with Crippen molar-refractivity contribution in [3.63, 3.8) is 0 Å². The molecule has 0 radical (unpaired) electrons. The van der Waals surface area contributed by atoms with Gasteiger partial charge in [-0.25, -0.2) is 0 Å². The van der Waals surface area contributed by atoms with Crippen molar-refractivity contribution < 1.29 is 9.90 Å². The van der Waals surface area contributed by atoms with Crippen molar-refractivity contribution in [1.82, 2.24) is 0 Å². The summed E-state index contributed by atoms with van der Waals surface area (Å²) in [7, 11) is 0. The van der Waals surface area contributed by atoms with Crippen LogP contribution in [0, 0.1) is 0 Å². The molecule has 20 heavy (non-hydrogen) atoms. The van der Waals surface area contributed by atoms with Gasteiger partial charge in [-0.3, -0.25) is 4.79 Å². The van der Waals surface area contributed by atoms with Gasteiger partial charge in [-0.05, 0) is 44.9 Å². The largest absolute Gasteiger partial charge is 0.481 e. The maximum absolute atomic E-state index is 10.3. The van der Waals surface area contributed by atoms with Gasteiger partial charge in [-0.1, -0.05) is 56.2 Å². The Morgan fingerprint density at radius 3 is 1.95 bits per heavy atom. The van der Waals surface area contributed by atoms with Gasteiger partial charge < -0.3 is 5.11 Å². The Kier molecular flexibility index (Phi) is 14.7. The van der Waals surface area contributed by atoms with Crippen molar-refractivity contribution in [2.24, 2.45) is 0 Å². The number of aliphatic carboxylic acids is 1. The van der Waals surface area contributed by atoms with Gasteiger partial charge >= 0.3 is 5.97 Å². The normalized spacial score (nSPS) is 12.1. The zero-order valence-corrected chi connectivity index (χ0v) is 12.9. The number of carboxylic acid groups (broad SMARTS) is 1. The molecule has 2 heteroatoms. The fourth-order valence-electron chi connectivity index (χ4n) is 1.82. The summed E-state index contributed by atoms with van der Waals surface area (Å²) < 4.78 is 0. The second-order valence-corrected chi connectivity index (χ2v) is 5.04. The molecule has 0 fully saturated rings. The SMILES string of the molecule is CCCCCC=CC=CCCCC=CCCCC(=O)O. The Hall–Kier alpha value is -1.31. The molecule has 0 heterocycles. The number of allylic oxidation sites excluding steroid dienone is 6. The quantitative estimate of drug-likeness (QED) is 0.268. The van der Waals surface area contributed by atoms with Crippen molar-refractivity contribution >= 4 is 5.97 Å². The average Bonchev–Trinajstić information content (AvgIpc) is 2.43. The summed E-state index contributed by atoms with van der Waals surface area (Å²) in [6.07, 6.45) is 23.4. The van der Waals surface area contributed by atoms with Crippen LogP contribution in [0.5, 0.6) is 0 Å². The smallest absolute Gasteiger partial charge is 0.303 e. The van der Waals surface area contributed by atoms with E-state index in [9.17, 15) is 4.79 Å². The lowest BCUT2D eigenvalue weighted by Gasteiger charge is -1.92. The standard InChI is InChI=1S/C18H30O2/c1-2-3-4-5-6-7-8-9-10-11-12-13-14-15-16-17-18(19)20/h6-9,13-14H,2-5,10-12,15-17H2,1H3,(H,19,20). The molecule has 0 bridgehead atoms. The third kappa shape index (κ3) is 16.7. The molecule has 0 rings (SSSR count). The van der Waals surface area contributed by atoms with Crippen LogP contribution in [0.2, 0.25) is 0 Å². The lowest BCUT2D eigenvalue weighted by atomic mass is 10.1. The highest BCUT2D eigenvalue weighted by Crippen LogP contribution is 2.02. The predicted octanol–water partition coefficient (Wildman–Crippen LogP) is 5.66. The molecular weight excluding hydrogens is 248 g/mol. The van der Waals surface area contributed by atoms with Crippen LogP contribution in [0.4, 0.5) is 0 Å². The molecule has 0 aliphatic heterocycles. The second-order valence-electron chi connectivity index (χ2n) is 5.04. The van der Waals surface area contributed by atoms with Gasteiger partial charge in [0.05, 0.1) is 0 Å². The van der Waals surface area contributed by atoms with E-state index in [1.807, 2.05) is 0 Å². The van der Waals surface area contributed by atoms with E-state index in [2.05, 4.69) is 43.4 Å². The molecule has 0 aliphatic carbocycles. The van der Waals surface area contributed by atoms with Gasteiger partial charge in [-0.15, -0.1) is 0 Å². The van der Waals surface area contributed by atoms with Gasteiger partial charge in [0, 0.05) is 6.42 Å². The molecule has 0 aromatic carbocycles. The summed E-state index contributed by atoms with van der Waals surface area (Å²) >= 11 is 0. The van der Waals surface area contributed by atoms with E-state index in [1.165, 1.54) is 25.7 Å². The lowest BCUT2D eigenvalue weighted by Crippen LogP contribution is -1.92. The first-order chi connectivity index (χ1) is 9.77. The molecule has 0 spiro atoms. The number of carbonyl (C=O) groups is 1. The molecule has 0 aliphatic rings. The summed E-state index contributed by atoms with van der Waals surface area (Å²) in [5.74, 6) is -0.703. The summed E-state index contributed by atoms with van der Waals surface area (Å²) in [5, 5.41) is 8.48. The molecule has 0 aromatic heterocycles. The average molecular weight is 278 g/mol. The van der Waals surface area contributed by atoms with Crippen LogP contribution in [0.3, 0.4) is 0 Å². The Bertz CT molecular complexity index is 301. The third-order valence-electron chi connectivity index (χ3n) is 3.03. The maximum atomic E-state index is 10.3. The number of unbranched alkanes of at least 4 members (excludes halogenated alkanes) is 6. The van der Waals surface area contributed by atoms with Crippen molar-refractivity contribution in [3.8, 4) is 0 Å². The van der Waals surface area contributed by atoms with Gasteiger partial charge in [0.1, 0.15) is 0 Å². The first kappa shape index (κ1) is 18.7. The maximum Gasteiger partial charge on any atom is 0.303 e. The van der Waals surface area contributed by atoms with Gasteiger partial charge in [0.25, 0.3) is 0 Å². The molecule has 0 aromatic rings. The predicted molar refractivity (Wildman–Crippen MR) is 86.9 cm³/mol. The molecule has 1 N–H and O–H groups in total. The molecule has 0 amide bonds. The Balaban J connectivity index is 3.30. The van der Waals surface area contributed by atoms with Crippen molar-refractivity contribution in [2.45, 2.75) is 71.1 Å². The van der Waals surface area contributed by atoms with Gasteiger partial charge in [0.2, 0.25) is 0 Å². The fraction of sp³-hybridized carbons (Fsp3) is 0.611. The molecule has 0 saturated heterocycles. The Labute approximate surface area is 124 Å². The zero-order valence-electron chi connectivity index (χ0n) is 12.9. The number of hydrogen-bond acceptors (Lipinski definition) is 1. The molecule has 114 valence electrons. The van der Waals surface area contributed by atoms with Gasteiger partial charge in [-0.2, -0.15) is 0 Å². The highest BCUT2D eigenvalue weighted by atomic mass is 16.4. The van der Waals surface area contributed by atoms with Crippen LogP contribution in [0.15, 0.2) is 36.5 Å². The second kappa shape index (κ2) is 15.7. The minimum Gasteiger partial charge on any atom is -0.481 e. The summed E-state index contributed by atoms with van der Waals surface area (Å²) in [6.45, 7) is 2.23. The first-order valence-corrected chi connectivity index (χ1v) is 7.95. The van der Waals surface area contributed by atoms with Crippen LogP contribution in [0.1, 0.15) is 71.1 Å². The van der Waals surface area contributed by atoms with E-state index in [4.69, 9.17) is 5.11 Å². The summed E-state index contributed by atoms with van der Waals surface area (Å²) in [6, 6.07) is 0. The van der Waals surface area contributed by atoms with Crippen LogP contribution in [-0.4, -0.2) is 11.1 Å². The molecule has 0 unspecified atom stereocenters. The molecule has 0 saturated carbocycles. The third-order valence-corrected chi connectivity index (χ3v) is 3.03. The number of rotatable bonds is 13. The van der Waals surface area contributed by atoms with Crippen molar-refractivity contribution in [1.29, 1.82) is 0 Å². The Morgan fingerprint density at radius 1 is 0.800 bits per heavy atom. The monoisotopic (exact) mass is 278 g/mol. The van der Waals surface area contributed by atoms with Crippen molar-refractivity contribution in [2.75, 3.05) is 0 Å². The molecule has 0 atom stereocenters. The molecule has 2 nitrogen and oxygen atoms in total. The van der Waals surface area contributed by atoms with E-state index in [0.29, 0.717) is 0 Å². The topological polar surface area (TPSA) is 37.3 Å². The molecular formula is C18H30O2. The fourth-order valence-corrected chi connectivity index (χ4v) is 1.82. The lowest BCUT2D eigenvalue weighted by molar-refractivity contribution is -0.137. The first-order valence-electron chi connectivity index (χ1n) is 7.95. The minimum atomic E-state index is -0.703. The van der Waals surface area contributed by atoms with Gasteiger partial charge in [0.15, 0.2) is 0 Å². The van der Waals surface area contributed by atoms with Crippen LogP contribution in [-0.2, 0) is 4.79 Å². The number of hydrogen-bond donors (Lipinski definition) is 1. The van der Waals surface area contributed by atoms with E-state index >= 15 is 0 Å².